The van der Waals surface area contributed by atoms with Crippen LogP contribution >= 0.6 is 0 Å². The van der Waals surface area contributed by atoms with E-state index in [4.69, 9.17) is 0 Å². The highest BCUT2D eigenvalue weighted by atomic mass is 16.2. The molecule has 3 aliphatic rings. The molecule has 1 aromatic rings. The van der Waals surface area contributed by atoms with Crippen molar-refractivity contribution in [3.05, 3.63) is 48.7 Å². The van der Waals surface area contributed by atoms with Crippen LogP contribution in [0.15, 0.2) is 53.7 Å². The summed E-state index contributed by atoms with van der Waals surface area (Å²) in [6.07, 6.45) is 10.4. The predicted octanol–water partition coefficient (Wildman–Crippen LogP) is 2.05. The Labute approximate surface area is 175 Å². The van der Waals surface area contributed by atoms with Crippen LogP contribution in [0.25, 0.3) is 0 Å². The number of imide groups is 1. The Bertz CT molecular complexity index is 901. The van der Waals surface area contributed by atoms with E-state index in [-0.39, 0.29) is 11.8 Å². The van der Waals surface area contributed by atoms with Gasteiger partial charge in [-0.1, -0.05) is 24.3 Å². The average Bonchev–Trinajstić information content (AvgIpc) is 2.79. The first-order chi connectivity index (χ1) is 14.6. The first kappa shape index (κ1) is 20.0. The Morgan fingerprint density at radius 3 is 2.67 bits per heavy atom. The van der Waals surface area contributed by atoms with Gasteiger partial charge in [0.25, 0.3) is 0 Å². The molecule has 3 heterocycles. The van der Waals surface area contributed by atoms with Crippen molar-refractivity contribution in [1.82, 2.24) is 14.8 Å². The molecule has 1 aromatic heterocycles. The summed E-state index contributed by atoms with van der Waals surface area (Å²) < 4.78 is 0. The molecule has 30 heavy (non-hydrogen) atoms. The summed E-state index contributed by atoms with van der Waals surface area (Å²) in [6, 6.07) is 5.32. The van der Waals surface area contributed by atoms with E-state index >= 15 is 0 Å². The Morgan fingerprint density at radius 1 is 1.07 bits per heavy atom. The normalized spacial score (nSPS) is 21.0. The highest BCUT2D eigenvalue weighted by Gasteiger charge is 2.35. The molecule has 0 bridgehead atoms. The van der Waals surface area contributed by atoms with Crippen LogP contribution in [0, 0.1) is 5.92 Å². The molecule has 8 nitrogen and oxygen atoms in total. The number of rotatable bonds is 6. The van der Waals surface area contributed by atoms with Crippen LogP contribution in [0.5, 0.6) is 0 Å². The summed E-state index contributed by atoms with van der Waals surface area (Å²) >= 11 is 0. The van der Waals surface area contributed by atoms with Crippen molar-refractivity contribution in [2.45, 2.75) is 19.3 Å². The number of carbonyl (C=O) groups is 3. The maximum absolute atomic E-state index is 12.5. The molecule has 1 aliphatic carbocycles. The number of nitrogens with zero attached hydrogens (tertiary/aromatic N) is 5. The van der Waals surface area contributed by atoms with Crippen LogP contribution < -0.4 is 4.90 Å². The smallest absolute Gasteiger partial charge is 0.350 e. The number of anilines is 1. The van der Waals surface area contributed by atoms with E-state index in [1.54, 1.807) is 30.5 Å². The Kier molecular flexibility index (Phi) is 6.02. The monoisotopic (exact) mass is 407 g/mol. The second kappa shape index (κ2) is 9.02. The molecule has 1 saturated heterocycles. The lowest BCUT2D eigenvalue weighted by atomic mass is 9.95. The third-order valence-electron chi connectivity index (χ3n) is 5.62. The molecule has 2 aliphatic heterocycles. The average molecular weight is 407 g/mol. The molecule has 0 aromatic carbocycles. The van der Waals surface area contributed by atoms with Gasteiger partial charge in [0, 0.05) is 45.3 Å². The van der Waals surface area contributed by atoms with Crippen LogP contribution in [0.2, 0.25) is 0 Å². The zero-order valence-corrected chi connectivity index (χ0v) is 16.8. The fourth-order valence-electron chi connectivity index (χ4n) is 3.92. The maximum Gasteiger partial charge on any atom is 0.350 e. The molecule has 4 amide bonds. The number of piperazine rings is 1. The Morgan fingerprint density at radius 2 is 1.90 bits per heavy atom. The molecular formula is C22H25N5O3. The third-order valence-corrected chi connectivity index (χ3v) is 5.62. The fourth-order valence-corrected chi connectivity index (χ4v) is 3.92. The molecule has 0 saturated carbocycles. The summed E-state index contributed by atoms with van der Waals surface area (Å²) in [4.78, 5) is 50.9. The summed E-state index contributed by atoms with van der Waals surface area (Å²) in [5, 5.41) is 0. The lowest BCUT2D eigenvalue weighted by Gasteiger charge is -2.35. The van der Waals surface area contributed by atoms with Crippen molar-refractivity contribution < 1.29 is 14.4 Å². The molecule has 1 fully saturated rings. The van der Waals surface area contributed by atoms with Gasteiger partial charge in [-0.15, -0.1) is 0 Å². The number of fused-ring (bicyclic) bond motifs is 1. The minimum atomic E-state index is -0.511. The summed E-state index contributed by atoms with van der Waals surface area (Å²) in [5.74, 6) is 0.356. The largest absolute Gasteiger partial charge is 0.353 e. The highest BCUT2D eigenvalue weighted by molar-refractivity contribution is 6.21. The van der Waals surface area contributed by atoms with Gasteiger partial charge in [0.05, 0.1) is 11.6 Å². The van der Waals surface area contributed by atoms with E-state index in [0.29, 0.717) is 44.6 Å². The molecular weight excluding hydrogens is 382 g/mol. The number of pyridine rings is 1. The number of unbranched alkanes of at least 4 members (excludes halogenated alkanes) is 1. The van der Waals surface area contributed by atoms with Crippen LogP contribution in [0.1, 0.15) is 19.3 Å². The van der Waals surface area contributed by atoms with Crippen molar-refractivity contribution >= 4 is 29.4 Å². The third kappa shape index (κ3) is 4.32. The van der Waals surface area contributed by atoms with E-state index in [1.807, 2.05) is 23.1 Å². The quantitative estimate of drug-likeness (QED) is 0.674. The molecule has 0 N–H and O–H groups in total. The predicted molar refractivity (Wildman–Crippen MR) is 113 cm³/mol. The fraction of sp³-hybridized carbons (Fsp3) is 0.409. The SMILES string of the molecule is O=C(CCCCN1C(=O)N=C2C=CC=CC2C1=O)N1CCN(c2ccccn2)CC1. The van der Waals surface area contributed by atoms with Crippen molar-refractivity contribution in [3.8, 4) is 0 Å². The van der Waals surface area contributed by atoms with Gasteiger partial charge in [0.2, 0.25) is 11.8 Å². The number of carbonyl (C=O) groups excluding carboxylic acids is 3. The van der Waals surface area contributed by atoms with Crippen LogP contribution in [-0.2, 0) is 9.59 Å². The van der Waals surface area contributed by atoms with Gasteiger partial charge in [0.1, 0.15) is 5.82 Å². The van der Waals surface area contributed by atoms with Gasteiger partial charge in [0.15, 0.2) is 0 Å². The van der Waals surface area contributed by atoms with Crippen molar-refractivity contribution in [1.29, 1.82) is 0 Å². The molecule has 0 radical (unpaired) electrons. The highest BCUT2D eigenvalue weighted by Crippen LogP contribution is 2.20. The van der Waals surface area contributed by atoms with Gasteiger partial charge < -0.3 is 9.80 Å². The number of allylic oxidation sites excluding steroid dienone is 3. The number of hydrogen-bond donors (Lipinski definition) is 0. The topological polar surface area (TPSA) is 86.2 Å². The van der Waals surface area contributed by atoms with E-state index < -0.39 is 11.9 Å². The van der Waals surface area contributed by atoms with Crippen LogP contribution in [0.4, 0.5) is 10.6 Å². The van der Waals surface area contributed by atoms with E-state index in [0.717, 1.165) is 18.9 Å². The maximum atomic E-state index is 12.5. The molecule has 0 spiro atoms. The number of hydrogen-bond acceptors (Lipinski definition) is 5. The van der Waals surface area contributed by atoms with Gasteiger partial charge >= 0.3 is 6.03 Å². The first-order valence-corrected chi connectivity index (χ1v) is 10.4. The summed E-state index contributed by atoms with van der Waals surface area (Å²) in [6.45, 7) is 3.19. The molecule has 156 valence electrons. The zero-order chi connectivity index (χ0) is 20.9. The van der Waals surface area contributed by atoms with Gasteiger partial charge in [-0.05, 0) is 31.1 Å². The summed E-state index contributed by atoms with van der Waals surface area (Å²) in [7, 11) is 0. The zero-order valence-electron chi connectivity index (χ0n) is 16.8. The first-order valence-electron chi connectivity index (χ1n) is 10.4. The molecule has 4 rings (SSSR count). The minimum Gasteiger partial charge on any atom is -0.353 e. The van der Waals surface area contributed by atoms with Crippen molar-refractivity contribution in [2.24, 2.45) is 10.9 Å². The standard InChI is InChI=1S/C22H25N5O3/c28-20(26-15-13-25(14-16-26)19-9-3-5-11-23-19)10-4-6-12-27-21(29)17-7-1-2-8-18(17)24-22(27)30/h1-3,5,7-9,11,17H,4,6,10,12-16H2. The minimum absolute atomic E-state index is 0.118. The van der Waals surface area contributed by atoms with Crippen molar-refractivity contribution in [2.75, 3.05) is 37.6 Å². The van der Waals surface area contributed by atoms with E-state index in [9.17, 15) is 14.4 Å². The Balaban J connectivity index is 1.20. The number of aliphatic imine (C=N–C) groups is 1. The second-order valence-electron chi connectivity index (χ2n) is 7.54. The molecule has 1 unspecified atom stereocenters. The summed E-state index contributed by atoms with van der Waals surface area (Å²) in [5.41, 5.74) is 0.503. The second-order valence-corrected chi connectivity index (χ2v) is 7.54. The van der Waals surface area contributed by atoms with Gasteiger partial charge in [-0.3, -0.25) is 14.5 Å². The van der Waals surface area contributed by atoms with Gasteiger partial charge in [-0.2, -0.15) is 4.99 Å². The van der Waals surface area contributed by atoms with E-state index in [1.165, 1.54) is 4.90 Å². The van der Waals surface area contributed by atoms with Crippen LogP contribution in [-0.4, -0.2) is 71.1 Å². The Hall–Kier alpha value is -3.29. The van der Waals surface area contributed by atoms with E-state index in [2.05, 4.69) is 14.9 Å². The number of amides is 4. The van der Waals surface area contributed by atoms with Crippen molar-refractivity contribution in [3.63, 3.8) is 0 Å². The number of urea groups is 1. The van der Waals surface area contributed by atoms with Crippen LogP contribution in [0.3, 0.4) is 0 Å². The molecule has 1 atom stereocenters. The number of aromatic nitrogens is 1. The van der Waals surface area contributed by atoms with Gasteiger partial charge in [-0.25, -0.2) is 9.78 Å². The lowest BCUT2D eigenvalue weighted by molar-refractivity contribution is -0.131. The molecule has 8 heteroatoms. The lowest BCUT2D eigenvalue weighted by Crippen LogP contribution is -2.49.